The van der Waals surface area contributed by atoms with Gasteiger partial charge in [0.1, 0.15) is 6.10 Å². The smallest absolute Gasteiger partial charge is 0.192 e. The van der Waals surface area contributed by atoms with E-state index in [2.05, 4.69) is 30.9 Å². The van der Waals surface area contributed by atoms with Crippen LogP contribution in [0.4, 0.5) is 0 Å². The first-order chi connectivity index (χ1) is 10.1. The third-order valence-electron chi connectivity index (χ3n) is 4.87. The molecule has 1 aliphatic heterocycles. The van der Waals surface area contributed by atoms with Gasteiger partial charge in [-0.15, -0.1) is 0 Å². The Morgan fingerprint density at radius 1 is 1.33 bits per heavy atom. The lowest BCUT2D eigenvalue weighted by molar-refractivity contribution is -0.0256. The summed E-state index contributed by atoms with van der Waals surface area (Å²) < 4.78 is 5.72. The first kappa shape index (κ1) is 14.7. The molecule has 0 amide bonds. The van der Waals surface area contributed by atoms with E-state index in [1.807, 2.05) is 12.1 Å². The number of hydrogen-bond donors (Lipinski definition) is 0. The predicted octanol–water partition coefficient (Wildman–Crippen LogP) is 3.25. The zero-order valence-electron chi connectivity index (χ0n) is 13.0. The Bertz CT molecular complexity index is 508. The minimum absolute atomic E-state index is 0.140. The highest BCUT2D eigenvalue weighted by Gasteiger charge is 2.29. The first-order valence-electron chi connectivity index (χ1n) is 8.15. The molecule has 2 aliphatic rings. The molecule has 1 saturated carbocycles. The fourth-order valence-corrected chi connectivity index (χ4v) is 3.17. The molecule has 21 heavy (non-hydrogen) atoms. The number of hydrogen-bond acceptors (Lipinski definition) is 3. The van der Waals surface area contributed by atoms with Crippen LogP contribution in [-0.4, -0.2) is 42.5 Å². The van der Waals surface area contributed by atoms with E-state index in [-0.39, 0.29) is 11.9 Å². The maximum atomic E-state index is 12.7. The second kappa shape index (κ2) is 6.29. The zero-order valence-corrected chi connectivity index (χ0v) is 13.0. The molecule has 0 N–H and O–H groups in total. The van der Waals surface area contributed by atoms with Gasteiger partial charge in [0.05, 0.1) is 6.61 Å². The molecule has 0 aromatic heterocycles. The van der Waals surface area contributed by atoms with E-state index in [0.717, 1.165) is 12.1 Å². The van der Waals surface area contributed by atoms with E-state index in [1.54, 1.807) is 0 Å². The van der Waals surface area contributed by atoms with Crippen molar-refractivity contribution in [2.45, 2.75) is 51.2 Å². The summed E-state index contributed by atoms with van der Waals surface area (Å²) in [6.07, 6.45) is 3.53. The molecule has 3 heteroatoms. The number of benzene rings is 1. The molecule has 3 rings (SSSR count). The Labute approximate surface area is 127 Å². The Morgan fingerprint density at radius 2 is 2.14 bits per heavy atom. The van der Waals surface area contributed by atoms with Crippen molar-refractivity contribution in [3.63, 3.8) is 0 Å². The van der Waals surface area contributed by atoms with Crippen LogP contribution >= 0.6 is 0 Å². The summed E-state index contributed by atoms with van der Waals surface area (Å²) in [7, 11) is 0. The number of morpholine rings is 1. The van der Waals surface area contributed by atoms with Crippen LogP contribution in [-0.2, 0) is 4.74 Å². The van der Waals surface area contributed by atoms with E-state index in [0.29, 0.717) is 25.1 Å². The number of carbonyl (C=O) groups excluding carboxylic acids is 1. The number of ketones is 1. The van der Waals surface area contributed by atoms with E-state index >= 15 is 0 Å². The quantitative estimate of drug-likeness (QED) is 0.796. The lowest BCUT2D eigenvalue weighted by Crippen LogP contribution is -2.48. The number of carbonyl (C=O) groups is 1. The van der Waals surface area contributed by atoms with Crippen molar-refractivity contribution < 1.29 is 9.53 Å². The minimum Gasteiger partial charge on any atom is -0.367 e. The van der Waals surface area contributed by atoms with Crippen molar-refractivity contribution in [3.05, 3.63) is 35.4 Å². The third-order valence-corrected chi connectivity index (χ3v) is 4.87. The van der Waals surface area contributed by atoms with Gasteiger partial charge in [-0.05, 0) is 44.2 Å². The zero-order chi connectivity index (χ0) is 14.8. The largest absolute Gasteiger partial charge is 0.367 e. The van der Waals surface area contributed by atoms with Gasteiger partial charge in [-0.1, -0.05) is 24.6 Å². The number of rotatable bonds is 4. The van der Waals surface area contributed by atoms with Crippen LogP contribution in [0.1, 0.15) is 54.9 Å². The summed E-state index contributed by atoms with van der Waals surface area (Å²) in [5, 5.41) is 0. The summed E-state index contributed by atoms with van der Waals surface area (Å²) in [4.78, 5) is 15.0. The predicted molar refractivity (Wildman–Crippen MR) is 83.8 cm³/mol. The van der Waals surface area contributed by atoms with Crippen molar-refractivity contribution in [1.29, 1.82) is 0 Å². The molecule has 2 fully saturated rings. The molecule has 1 atom stereocenters. The average molecular weight is 287 g/mol. The number of nitrogens with zero attached hydrogens (tertiary/aromatic N) is 1. The standard InChI is InChI=1S/C18H25NO2/c1-13(2)19-9-10-21-17(12-19)18(20)16-8-4-7-15(11-16)14-5-3-6-14/h4,7-8,11,13-14,17H,3,5-6,9-10,12H2,1-2H3. The van der Waals surface area contributed by atoms with Crippen LogP contribution < -0.4 is 0 Å². The molecule has 0 radical (unpaired) electrons. The Morgan fingerprint density at radius 3 is 2.81 bits per heavy atom. The highest BCUT2D eigenvalue weighted by molar-refractivity contribution is 5.99. The average Bonchev–Trinajstić information content (AvgIpc) is 2.45. The van der Waals surface area contributed by atoms with Crippen LogP contribution in [0.2, 0.25) is 0 Å². The molecular weight excluding hydrogens is 262 g/mol. The van der Waals surface area contributed by atoms with E-state index in [9.17, 15) is 4.79 Å². The maximum Gasteiger partial charge on any atom is 0.192 e. The SMILES string of the molecule is CC(C)N1CCOC(C(=O)c2cccc(C3CCC3)c2)C1. The van der Waals surface area contributed by atoms with Crippen LogP contribution in [0.25, 0.3) is 0 Å². The second-order valence-corrected chi connectivity index (χ2v) is 6.57. The molecule has 1 heterocycles. The number of ether oxygens (including phenoxy) is 1. The van der Waals surface area contributed by atoms with Crippen LogP contribution in [0.5, 0.6) is 0 Å². The topological polar surface area (TPSA) is 29.5 Å². The van der Waals surface area contributed by atoms with E-state index in [1.165, 1.54) is 24.8 Å². The van der Waals surface area contributed by atoms with Crippen LogP contribution in [0.15, 0.2) is 24.3 Å². The van der Waals surface area contributed by atoms with Gasteiger partial charge in [-0.25, -0.2) is 0 Å². The minimum atomic E-state index is -0.308. The lowest BCUT2D eigenvalue weighted by Gasteiger charge is -2.35. The Hall–Kier alpha value is -1.19. The molecule has 1 aromatic rings. The summed E-state index contributed by atoms with van der Waals surface area (Å²) in [5.41, 5.74) is 2.14. The summed E-state index contributed by atoms with van der Waals surface area (Å²) in [6, 6.07) is 8.66. The van der Waals surface area contributed by atoms with Gasteiger partial charge in [-0.2, -0.15) is 0 Å². The molecule has 1 aliphatic carbocycles. The van der Waals surface area contributed by atoms with Gasteiger partial charge in [0.15, 0.2) is 5.78 Å². The highest BCUT2D eigenvalue weighted by Crippen LogP contribution is 2.36. The van der Waals surface area contributed by atoms with Gasteiger partial charge in [0.2, 0.25) is 0 Å². The summed E-state index contributed by atoms with van der Waals surface area (Å²) in [6.45, 7) is 6.62. The van der Waals surface area contributed by atoms with Gasteiger partial charge < -0.3 is 4.74 Å². The fraction of sp³-hybridized carbons (Fsp3) is 0.611. The molecule has 1 aromatic carbocycles. The third kappa shape index (κ3) is 3.19. The van der Waals surface area contributed by atoms with Gasteiger partial charge in [-0.3, -0.25) is 9.69 Å². The van der Waals surface area contributed by atoms with Crippen molar-refractivity contribution in [3.8, 4) is 0 Å². The molecule has 3 nitrogen and oxygen atoms in total. The molecule has 114 valence electrons. The van der Waals surface area contributed by atoms with Crippen molar-refractivity contribution in [2.75, 3.05) is 19.7 Å². The van der Waals surface area contributed by atoms with Gasteiger partial charge >= 0.3 is 0 Å². The molecule has 0 spiro atoms. The van der Waals surface area contributed by atoms with Gasteiger partial charge in [0, 0.05) is 24.7 Å². The first-order valence-corrected chi connectivity index (χ1v) is 8.15. The lowest BCUT2D eigenvalue weighted by atomic mass is 9.79. The second-order valence-electron chi connectivity index (χ2n) is 6.57. The molecule has 1 unspecified atom stereocenters. The van der Waals surface area contributed by atoms with E-state index in [4.69, 9.17) is 4.74 Å². The van der Waals surface area contributed by atoms with Crippen molar-refractivity contribution >= 4 is 5.78 Å². The van der Waals surface area contributed by atoms with Crippen LogP contribution in [0, 0.1) is 0 Å². The fourth-order valence-electron chi connectivity index (χ4n) is 3.17. The maximum absolute atomic E-state index is 12.7. The van der Waals surface area contributed by atoms with Gasteiger partial charge in [0.25, 0.3) is 0 Å². The van der Waals surface area contributed by atoms with Crippen molar-refractivity contribution in [2.24, 2.45) is 0 Å². The Balaban J connectivity index is 1.72. The van der Waals surface area contributed by atoms with Crippen molar-refractivity contribution in [1.82, 2.24) is 4.90 Å². The van der Waals surface area contributed by atoms with Crippen LogP contribution in [0.3, 0.4) is 0 Å². The summed E-state index contributed by atoms with van der Waals surface area (Å²) >= 11 is 0. The Kier molecular flexibility index (Phi) is 4.41. The number of Topliss-reactive ketones (excluding diaryl/α,β-unsaturated/α-hetero) is 1. The molecule has 0 bridgehead atoms. The molecular formula is C18H25NO2. The highest BCUT2D eigenvalue weighted by atomic mass is 16.5. The molecule has 1 saturated heterocycles. The normalized spacial score (nSPS) is 24.0. The monoisotopic (exact) mass is 287 g/mol. The summed E-state index contributed by atoms with van der Waals surface area (Å²) in [5.74, 6) is 0.804. The van der Waals surface area contributed by atoms with E-state index < -0.39 is 0 Å².